The van der Waals surface area contributed by atoms with Gasteiger partial charge in [0.25, 0.3) is 0 Å². The fraction of sp³-hybridized carbons (Fsp3) is 0.118. The normalized spacial score (nSPS) is 10.5. The maximum atomic E-state index is 13.6. The van der Waals surface area contributed by atoms with Gasteiger partial charge in [0.05, 0.1) is 19.9 Å². The number of rotatable bonds is 6. The average molecular weight is 362 g/mol. The number of halogens is 2. The molecule has 0 aliphatic rings. The molecule has 3 aromatic rings. The van der Waals surface area contributed by atoms with Crippen LogP contribution in [0.4, 0.5) is 10.2 Å². The van der Waals surface area contributed by atoms with Crippen LogP contribution in [0.1, 0.15) is 16.2 Å². The maximum Gasteiger partial charge on any atom is 0.170 e. The molecule has 2 aromatic heterocycles. The third-order valence-electron chi connectivity index (χ3n) is 3.41. The number of aromatic nitrogens is 2. The van der Waals surface area contributed by atoms with Crippen LogP contribution >= 0.6 is 11.6 Å². The van der Waals surface area contributed by atoms with Crippen LogP contribution in [0.15, 0.2) is 41.0 Å². The summed E-state index contributed by atoms with van der Waals surface area (Å²) in [5.41, 5.74) is 0.510. The number of anilines is 1. The van der Waals surface area contributed by atoms with Gasteiger partial charge in [0.15, 0.2) is 23.7 Å². The van der Waals surface area contributed by atoms with Crippen molar-refractivity contribution in [2.45, 2.75) is 6.54 Å². The van der Waals surface area contributed by atoms with Crippen molar-refractivity contribution in [1.82, 2.24) is 9.97 Å². The van der Waals surface area contributed by atoms with Crippen molar-refractivity contribution >= 4 is 23.7 Å². The fourth-order valence-corrected chi connectivity index (χ4v) is 2.37. The summed E-state index contributed by atoms with van der Waals surface area (Å²) in [7, 11) is 1.36. The van der Waals surface area contributed by atoms with Crippen molar-refractivity contribution in [2.24, 2.45) is 0 Å². The summed E-state index contributed by atoms with van der Waals surface area (Å²) in [5, 5.41) is 3.10. The van der Waals surface area contributed by atoms with E-state index in [0.717, 1.165) is 0 Å². The van der Waals surface area contributed by atoms with E-state index < -0.39 is 5.82 Å². The predicted molar refractivity (Wildman–Crippen MR) is 90.4 cm³/mol. The molecule has 0 spiro atoms. The lowest BCUT2D eigenvalue weighted by atomic mass is 10.2. The Balaban J connectivity index is 1.99. The maximum absolute atomic E-state index is 13.6. The van der Waals surface area contributed by atoms with Crippen LogP contribution in [0.2, 0.25) is 5.02 Å². The molecule has 0 fully saturated rings. The number of benzene rings is 1. The van der Waals surface area contributed by atoms with Crippen LogP contribution < -0.4 is 10.1 Å². The highest BCUT2D eigenvalue weighted by Crippen LogP contribution is 2.29. The van der Waals surface area contributed by atoms with Gasteiger partial charge in [-0.25, -0.2) is 14.4 Å². The molecule has 0 saturated carbocycles. The summed E-state index contributed by atoms with van der Waals surface area (Å²) in [5.74, 6) is 0.702. The lowest BCUT2D eigenvalue weighted by molar-refractivity contribution is 0.111. The number of carbonyl (C=O) groups is 1. The first-order valence-corrected chi connectivity index (χ1v) is 7.63. The molecule has 8 heteroatoms. The molecule has 2 heterocycles. The minimum absolute atomic E-state index is 0.0249. The summed E-state index contributed by atoms with van der Waals surface area (Å²) in [4.78, 5) is 19.7. The zero-order valence-corrected chi connectivity index (χ0v) is 13.9. The van der Waals surface area contributed by atoms with Crippen molar-refractivity contribution in [2.75, 3.05) is 12.4 Å². The van der Waals surface area contributed by atoms with Gasteiger partial charge >= 0.3 is 0 Å². The first kappa shape index (κ1) is 16.9. The first-order valence-electron chi connectivity index (χ1n) is 7.25. The first-order chi connectivity index (χ1) is 12.1. The van der Waals surface area contributed by atoms with E-state index in [0.29, 0.717) is 24.2 Å². The highest BCUT2D eigenvalue weighted by molar-refractivity contribution is 6.35. The molecular weight excluding hydrogens is 349 g/mol. The van der Waals surface area contributed by atoms with E-state index >= 15 is 0 Å². The van der Waals surface area contributed by atoms with E-state index in [-0.39, 0.29) is 28.1 Å². The average Bonchev–Trinajstić information content (AvgIpc) is 3.15. The molecule has 6 nitrogen and oxygen atoms in total. The summed E-state index contributed by atoms with van der Waals surface area (Å²) >= 11 is 6.16. The Morgan fingerprint density at radius 3 is 2.88 bits per heavy atom. The quantitative estimate of drug-likeness (QED) is 0.669. The second-order valence-electron chi connectivity index (χ2n) is 5.00. The van der Waals surface area contributed by atoms with Crippen LogP contribution in [-0.4, -0.2) is 23.4 Å². The number of carbonyl (C=O) groups excluding carboxylic acids is 1. The minimum Gasteiger partial charge on any atom is -0.494 e. The van der Waals surface area contributed by atoms with E-state index in [4.69, 9.17) is 20.8 Å². The highest BCUT2D eigenvalue weighted by Gasteiger charge is 2.15. The summed E-state index contributed by atoms with van der Waals surface area (Å²) < 4.78 is 23.8. The molecule has 128 valence electrons. The van der Waals surface area contributed by atoms with Crippen LogP contribution in [-0.2, 0) is 6.54 Å². The topological polar surface area (TPSA) is 77.2 Å². The van der Waals surface area contributed by atoms with E-state index in [1.54, 1.807) is 18.4 Å². The molecule has 0 bridgehead atoms. The zero-order chi connectivity index (χ0) is 17.8. The van der Waals surface area contributed by atoms with Gasteiger partial charge in [-0.3, -0.25) is 4.79 Å². The third-order valence-corrected chi connectivity index (χ3v) is 3.78. The van der Waals surface area contributed by atoms with Gasteiger partial charge in [-0.05, 0) is 30.3 Å². The Labute approximate surface area is 147 Å². The molecule has 0 aliphatic heterocycles. The Hall–Kier alpha value is -2.93. The summed E-state index contributed by atoms with van der Waals surface area (Å²) in [6.07, 6.45) is 2.08. The van der Waals surface area contributed by atoms with E-state index in [2.05, 4.69) is 15.3 Å². The Morgan fingerprint density at radius 2 is 2.20 bits per heavy atom. The summed E-state index contributed by atoms with van der Waals surface area (Å²) in [6, 6.07) is 7.72. The molecule has 1 aromatic carbocycles. The lowest BCUT2D eigenvalue weighted by Crippen LogP contribution is -2.06. The molecule has 0 atom stereocenters. The van der Waals surface area contributed by atoms with Gasteiger partial charge in [-0.15, -0.1) is 0 Å². The molecule has 0 amide bonds. The molecule has 0 radical (unpaired) electrons. The second-order valence-corrected chi connectivity index (χ2v) is 5.37. The lowest BCUT2D eigenvalue weighted by Gasteiger charge is -2.11. The zero-order valence-electron chi connectivity index (χ0n) is 13.1. The number of nitrogens with one attached hydrogen (secondary N) is 1. The van der Waals surface area contributed by atoms with Crippen LogP contribution in [0.25, 0.3) is 11.4 Å². The predicted octanol–water partition coefficient (Wildman–Crippen LogP) is 3.96. The number of hydrogen-bond donors (Lipinski definition) is 1. The molecule has 0 saturated heterocycles. The van der Waals surface area contributed by atoms with Gasteiger partial charge in [-0.2, -0.15) is 0 Å². The second kappa shape index (κ2) is 7.31. The van der Waals surface area contributed by atoms with Crippen molar-refractivity contribution < 1.29 is 18.3 Å². The van der Waals surface area contributed by atoms with Crippen LogP contribution in [0.5, 0.6) is 5.75 Å². The van der Waals surface area contributed by atoms with Crippen molar-refractivity contribution in [3.8, 4) is 17.1 Å². The van der Waals surface area contributed by atoms with E-state index in [1.807, 2.05) is 0 Å². The number of nitrogens with zero attached hydrogens (tertiary/aromatic N) is 2. The Bertz CT molecular complexity index is 900. The number of furan rings is 1. The molecule has 1 N–H and O–H groups in total. The Morgan fingerprint density at radius 1 is 1.36 bits per heavy atom. The Kier molecular flexibility index (Phi) is 4.95. The van der Waals surface area contributed by atoms with E-state index in [1.165, 1.54) is 25.3 Å². The molecular formula is C17H13ClFN3O3. The molecule has 0 unspecified atom stereocenters. The molecule has 3 rings (SSSR count). The smallest absolute Gasteiger partial charge is 0.170 e. The monoisotopic (exact) mass is 361 g/mol. The van der Waals surface area contributed by atoms with Crippen molar-refractivity contribution in [3.05, 3.63) is 58.9 Å². The van der Waals surface area contributed by atoms with Crippen molar-refractivity contribution in [1.29, 1.82) is 0 Å². The van der Waals surface area contributed by atoms with Gasteiger partial charge in [0.1, 0.15) is 22.3 Å². The minimum atomic E-state index is -0.507. The number of aldehydes is 1. The van der Waals surface area contributed by atoms with Crippen molar-refractivity contribution in [3.63, 3.8) is 0 Å². The van der Waals surface area contributed by atoms with E-state index in [9.17, 15) is 9.18 Å². The highest BCUT2D eigenvalue weighted by atomic mass is 35.5. The molecule has 0 aliphatic carbocycles. The number of ether oxygens (including phenoxy) is 1. The SMILES string of the molecule is COc1cc(-c2nc(C=O)c(Cl)c(NCc3ccco3)n2)ccc1F. The van der Waals surface area contributed by atoms with Gasteiger partial charge in [0.2, 0.25) is 0 Å². The van der Waals surface area contributed by atoms with Crippen LogP contribution in [0.3, 0.4) is 0 Å². The largest absolute Gasteiger partial charge is 0.494 e. The van der Waals surface area contributed by atoms with Crippen LogP contribution in [0, 0.1) is 5.82 Å². The standard InChI is InChI=1S/C17H13ClFN3O3/c1-24-14-7-10(4-5-12(14)19)16-21-13(9-23)15(18)17(22-16)20-8-11-3-2-6-25-11/h2-7,9H,8H2,1H3,(H,20,21,22). The third kappa shape index (κ3) is 3.61. The van der Waals surface area contributed by atoms with Gasteiger partial charge < -0.3 is 14.5 Å². The molecule has 25 heavy (non-hydrogen) atoms. The summed E-state index contributed by atoms with van der Waals surface area (Å²) in [6.45, 7) is 0.328. The number of hydrogen-bond acceptors (Lipinski definition) is 6. The van der Waals surface area contributed by atoms with Gasteiger partial charge in [0, 0.05) is 5.56 Å². The fourth-order valence-electron chi connectivity index (χ4n) is 2.17. The number of methoxy groups -OCH3 is 1. The van der Waals surface area contributed by atoms with Gasteiger partial charge in [-0.1, -0.05) is 11.6 Å².